The van der Waals surface area contributed by atoms with Gasteiger partial charge in [-0.25, -0.2) is 4.98 Å². The van der Waals surface area contributed by atoms with Gasteiger partial charge in [-0.2, -0.15) is 5.26 Å². The number of thiazole rings is 1. The number of benzene rings is 3. The van der Waals surface area contributed by atoms with Crippen LogP contribution < -0.4 is 4.74 Å². The quantitative estimate of drug-likeness (QED) is 0.174. The van der Waals surface area contributed by atoms with E-state index in [1.807, 2.05) is 59.9 Å². The summed E-state index contributed by atoms with van der Waals surface area (Å²) in [5.74, 6) is 2.07. The highest BCUT2D eigenvalue weighted by molar-refractivity contribution is 7.12. The number of aromatic nitrogens is 2. The minimum atomic E-state index is 0.498. The third-order valence-corrected chi connectivity index (χ3v) is 9.37. The maximum absolute atomic E-state index is 9.20. The van der Waals surface area contributed by atoms with Gasteiger partial charge >= 0.3 is 0 Å². The van der Waals surface area contributed by atoms with Crippen molar-refractivity contribution in [3.8, 4) is 28.8 Å². The van der Waals surface area contributed by atoms with E-state index >= 15 is 0 Å². The maximum Gasteiger partial charge on any atom is 0.127 e. The van der Waals surface area contributed by atoms with Crippen molar-refractivity contribution < 1.29 is 4.74 Å². The molecule has 1 saturated heterocycles. The van der Waals surface area contributed by atoms with Crippen LogP contribution in [0, 0.1) is 11.3 Å². The molecule has 41 heavy (non-hydrogen) atoms. The highest BCUT2D eigenvalue weighted by Crippen LogP contribution is 2.38. The molecule has 1 fully saturated rings. The summed E-state index contributed by atoms with van der Waals surface area (Å²) >= 11 is 7.92. The molecule has 0 spiro atoms. The van der Waals surface area contributed by atoms with Gasteiger partial charge in [0.15, 0.2) is 0 Å². The molecule has 0 bridgehead atoms. The van der Waals surface area contributed by atoms with Gasteiger partial charge in [-0.15, -0.1) is 11.3 Å². The van der Waals surface area contributed by atoms with Crippen LogP contribution in [0.5, 0.6) is 11.5 Å². The molecule has 3 heterocycles. The Kier molecular flexibility index (Phi) is 8.38. The van der Waals surface area contributed by atoms with E-state index in [9.17, 15) is 5.26 Å². The van der Waals surface area contributed by atoms with E-state index in [4.69, 9.17) is 21.3 Å². The van der Waals surface area contributed by atoms with Crippen molar-refractivity contribution in [1.82, 2.24) is 14.5 Å². The summed E-state index contributed by atoms with van der Waals surface area (Å²) in [6.45, 7) is 5.22. The van der Waals surface area contributed by atoms with Gasteiger partial charge in [0.2, 0.25) is 0 Å². The van der Waals surface area contributed by atoms with Crippen LogP contribution >= 0.6 is 22.9 Å². The Hall–Kier alpha value is -3.63. The third-order valence-electron chi connectivity index (χ3n) is 7.84. The monoisotopic (exact) mass is 580 g/mol. The van der Waals surface area contributed by atoms with Crippen molar-refractivity contribution in [3.05, 3.63) is 99.5 Å². The smallest absolute Gasteiger partial charge is 0.127 e. The van der Waals surface area contributed by atoms with Gasteiger partial charge in [-0.3, -0.25) is 4.90 Å². The van der Waals surface area contributed by atoms with E-state index in [2.05, 4.69) is 52.9 Å². The molecule has 1 aliphatic heterocycles. The van der Waals surface area contributed by atoms with Crippen molar-refractivity contribution in [1.29, 1.82) is 5.26 Å². The number of ether oxygens (including phenoxy) is 1. The number of unbranched alkanes of at least 4 members (excludes halogenated alkanes) is 1. The first-order chi connectivity index (χ1) is 20.1. The number of fused-ring (bicyclic) bond motifs is 1. The molecule has 2 aromatic heterocycles. The number of nitrogens with zero attached hydrogens (tertiary/aromatic N) is 4. The molecule has 1 aliphatic rings. The maximum atomic E-state index is 9.20. The molecule has 0 N–H and O–H groups in total. The molecule has 5 nitrogen and oxygen atoms in total. The number of hydrogen-bond donors (Lipinski definition) is 0. The highest BCUT2D eigenvalue weighted by Gasteiger charge is 2.25. The second-order valence-corrected chi connectivity index (χ2v) is 12.3. The van der Waals surface area contributed by atoms with Crippen LogP contribution in [0.2, 0.25) is 5.02 Å². The van der Waals surface area contributed by atoms with Gasteiger partial charge in [0, 0.05) is 51.6 Å². The molecule has 0 radical (unpaired) electrons. The first-order valence-corrected chi connectivity index (χ1v) is 15.5. The molecule has 0 atom stereocenters. The number of nitriles is 1. The zero-order chi connectivity index (χ0) is 28.2. The van der Waals surface area contributed by atoms with E-state index in [1.165, 1.54) is 28.2 Å². The second kappa shape index (κ2) is 12.5. The van der Waals surface area contributed by atoms with Crippen LogP contribution in [0.25, 0.3) is 22.2 Å². The summed E-state index contributed by atoms with van der Waals surface area (Å²) in [6, 6.07) is 26.0. The summed E-state index contributed by atoms with van der Waals surface area (Å²) in [4.78, 5) is 9.17. The zero-order valence-electron chi connectivity index (χ0n) is 23.2. The Morgan fingerprint density at radius 2 is 1.73 bits per heavy atom. The Balaban J connectivity index is 1.13. The average molecular weight is 581 g/mol. The van der Waals surface area contributed by atoms with E-state index < -0.39 is 0 Å². The number of halogens is 1. The Morgan fingerprint density at radius 1 is 1.00 bits per heavy atom. The fourth-order valence-corrected chi connectivity index (χ4v) is 6.95. The van der Waals surface area contributed by atoms with Crippen LogP contribution in [-0.2, 0) is 13.1 Å². The normalized spacial score (nSPS) is 14.4. The molecular formula is C34H33ClN4OS. The zero-order valence-corrected chi connectivity index (χ0v) is 24.8. The molecular weight excluding hydrogens is 548 g/mol. The molecule has 0 aliphatic carbocycles. The van der Waals surface area contributed by atoms with Crippen LogP contribution in [0.3, 0.4) is 0 Å². The summed E-state index contributed by atoms with van der Waals surface area (Å²) in [5.41, 5.74) is 4.17. The van der Waals surface area contributed by atoms with E-state index in [0.717, 1.165) is 67.2 Å². The molecule has 7 heteroatoms. The predicted octanol–water partition coefficient (Wildman–Crippen LogP) is 9.26. The van der Waals surface area contributed by atoms with Crippen molar-refractivity contribution in [2.75, 3.05) is 13.1 Å². The molecule has 6 rings (SSSR count). The average Bonchev–Trinajstić information content (AvgIpc) is 3.62. The number of aryl methyl sites for hydroxylation is 1. The Morgan fingerprint density at radius 3 is 2.44 bits per heavy atom. The largest absolute Gasteiger partial charge is 0.457 e. The lowest BCUT2D eigenvalue weighted by Crippen LogP contribution is -2.34. The fraction of sp³-hybridized carbons (Fsp3) is 0.294. The summed E-state index contributed by atoms with van der Waals surface area (Å²) in [7, 11) is 0. The fourth-order valence-electron chi connectivity index (χ4n) is 5.53. The lowest BCUT2D eigenvalue weighted by Gasteiger charge is -2.31. The van der Waals surface area contributed by atoms with E-state index in [0.29, 0.717) is 16.5 Å². The molecule has 5 aromatic rings. The van der Waals surface area contributed by atoms with E-state index in [1.54, 1.807) is 0 Å². The molecule has 0 amide bonds. The molecule has 3 aromatic carbocycles. The number of hydrogen-bond acceptors (Lipinski definition) is 5. The minimum Gasteiger partial charge on any atom is -0.457 e. The van der Waals surface area contributed by atoms with Crippen LogP contribution in [0.15, 0.2) is 79.0 Å². The van der Waals surface area contributed by atoms with Crippen molar-refractivity contribution >= 4 is 33.8 Å². The van der Waals surface area contributed by atoms with Gasteiger partial charge in [-0.05, 0) is 98.5 Å². The lowest BCUT2D eigenvalue weighted by molar-refractivity contribution is 0.172. The molecule has 0 unspecified atom stereocenters. The van der Waals surface area contributed by atoms with Gasteiger partial charge in [0.25, 0.3) is 0 Å². The van der Waals surface area contributed by atoms with Gasteiger partial charge in [-0.1, -0.05) is 24.9 Å². The van der Waals surface area contributed by atoms with Crippen LogP contribution in [-0.4, -0.2) is 27.5 Å². The highest BCUT2D eigenvalue weighted by atomic mass is 35.5. The van der Waals surface area contributed by atoms with Crippen LogP contribution in [0.1, 0.15) is 54.0 Å². The lowest BCUT2D eigenvalue weighted by atomic mass is 9.98. The van der Waals surface area contributed by atoms with Crippen molar-refractivity contribution in [3.63, 3.8) is 0 Å². The summed E-state index contributed by atoms with van der Waals surface area (Å²) < 4.78 is 8.30. The summed E-state index contributed by atoms with van der Waals surface area (Å²) in [6.07, 6.45) is 7.78. The molecule has 0 saturated carbocycles. The van der Waals surface area contributed by atoms with Gasteiger partial charge in [0.1, 0.15) is 11.5 Å². The predicted molar refractivity (Wildman–Crippen MR) is 168 cm³/mol. The number of likely N-dealkylation sites (tertiary alicyclic amines) is 1. The van der Waals surface area contributed by atoms with E-state index in [-0.39, 0.29) is 0 Å². The molecule has 208 valence electrons. The standard InChI is InChI=1S/C34H33ClN4OS/c1-2-3-4-32-33(25-6-10-29(11-7-25)40-30-12-8-28(35)9-13-30)37-34(41-32)26-15-18-38(19-16-26)23-39-20-17-27-21-24(22-36)5-14-31(27)39/h5-14,17,20-21,26H,2-4,15-16,18-19,23H2,1H3. The number of rotatable bonds is 9. The minimum absolute atomic E-state index is 0.498. The summed E-state index contributed by atoms with van der Waals surface area (Å²) in [5, 5.41) is 12.3. The van der Waals surface area contributed by atoms with Gasteiger partial charge < -0.3 is 9.30 Å². The van der Waals surface area contributed by atoms with Gasteiger partial charge in [0.05, 0.1) is 29.0 Å². The third kappa shape index (κ3) is 6.33. The van der Waals surface area contributed by atoms with Crippen molar-refractivity contribution in [2.45, 2.75) is 51.6 Å². The first kappa shape index (κ1) is 27.5. The van der Waals surface area contributed by atoms with Crippen molar-refractivity contribution in [2.24, 2.45) is 0 Å². The second-order valence-electron chi connectivity index (χ2n) is 10.7. The Labute approximate surface area is 250 Å². The SMILES string of the molecule is CCCCc1sc(C2CCN(Cn3ccc4cc(C#N)ccc43)CC2)nc1-c1ccc(Oc2ccc(Cl)cc2)cc1. The Bertz CT molecular complexity index is 1660. The first-order valence-electron chi connectivity index (χ1n) is 14.3. The number of piperidine rings is 1. The topological polar surface area (TPSA) is 54.1 Å². The van der Waals surface area contributed by atoms with Crippen LogP contribution in [0.4, 0.5) is 0 Å².